The maximum Gasteiger partial charge on any atom is 0.195 e. The SMILES string of the molecule is O=C(CCc1cccc(Cl)c1Cl)[C@@]1(F)CC[C@H](O)c2ncccc21. The van der Waals surface area contributed by atoms with Gasteiger partial charge in [0.2, 0.25) is 0 Å². The minimum absolute atomic E-state index is 0.000984. The number of pyridine rings is 1. The number of fused-ring (bicyclic) bond motifs is 1. The van der Waals surface area contributed by atoms with Crippen LogP contribution in [0.3, 0.4) is 0 Å². The van der Waals surface area contributed by atoms with E-state index >= 15 is 4.39 Å². The van der Waals surface area contributed by atoms with Crippen LogP contribution in [0.4, 0.5) is 4.39 Å². The van der Waals surface area contributed by atoms with E-state index in [1.165, 1.54) is 12.3 Å². The molecule has 0 saturated heterocycles. The highest BCUT2D eigenvalue weighted by atomic mass is 35.5. The second-order valence-corrected chi connectivity index (χ2v) is 6.71. The van der Waals surface area contributed by atoms with Crippen molar-refractivity contribution >= 4 is 29.0 Å². The lowest BCUT2D eigenvalue weighted by molar-refractivity contribution is -0.133. The molecule has 0 fully saturated rings. The molecular weight excluding hydrogens is 352 g/mol. The largest absolute Gasteiger partial charge is 0.387 e. The summed E-state index contributed by atoms with van der Waals surface area (Å²) >= 11 is 12.1. The first kappa shape index (κ1) is 17.3. The van der Waals surface area contributed by atoms with Crippen LogP contribution < -0.4 is 0 Å². The van der Waals surface area contributed by atoms with Gasteiger partial charge in [-0.05, 0) is 37.0 Å². The van der Waals surface area contributed by atoms with Crippen LogP contribution in [0.5, 0.6) is 0 Å². The van der Waals surface area contributed by atoms with Crippen LogP contribution in [0.25, 0.3) is 0 Å². The van der Waals surface area contributed by atoms with E-state index in [2.05, 4.69) is 4.98 Å². The van der Waals surface area contributed by atoms with Gasteiger partial charge in [0.05, 0.1) is 21.8 Å². The standard InChI is InChI=1S/C18H16Cl2FNO2/c19-13-5-1-3-11(16(13)20)6-7-15(24)18(21)9-8-14(23)17-12(18)4-2-10-22-17/h1-5,10,14,23H,6-9H2/t14-,18+/m0/s1. The van der Waals surface area contributed by atoms with Crippen molar-refractivity contribution in [2.45, 2.75) is 37.5 Å². The first-order valence-electron chi connectivity index (χ1n) is 7.72. The number of alkyl halides is 1. The Morgan fingerprint density at radius 3 is 2.92 bits per heavy atom. The van der Waals surface area contributed by atoms with Crippen LogP contribution in [-0.2, 0) is 16.9 Å². The van der Waals surface area contributed by atoms with E-state index in [-0.39, 0.29) is 30.5 Å². The van der Waals surface area contributed by atoms with Gasteiger partial charge in [-0.2, -0.15) is 0 Å². The number of rotatable bonds is 4. The second kappa shape index (κ2) is 6.79. The van der Waals surface area contributed by atoms with Crippen molar-refractivity contribution in [2.75, 3.05) is 0 Å². The van der Waals surface area contributed by atoms with Gasteiger partial charge in [-0.3, -0.25) is 9.78 Å². The molecule has 1 aliphatic carbocycles. The van der Waals surface area contributed by atoms with Crippen LogP contribution in [0.1, 0.15) is 42.2 Å². The van der Waals surface area contributed by atoms with Gasteiger partial charge in [-0.1, -0.05) is 41.4 Å². The Labute approximate surface area is 149 Å². The van der Waals surface area contributed by atoms with Crippen LogP contribution in [0, 0.1) is 0 Å². The lowest BCUT2D eigenvalue weighted by Gasteiger charge is -2.32. The summed E-state index contributed by atoms with van der Waals surface area (Å²) in [7, 11) is 0. The lowest BCUT2D eigenvalue weighted by Crippen LogP contribution is -2.36. The number of aryl methyl sites for hydroxylation is 1. The number of hydrogen-bond donors (Lipinski definition) is 1. The summed E-state index contributed by atoms with van der Waals surface area (Å²) in [6.45, 7) is 0. The van der Waals surface area contributed by atoms with Crippen LogP contribution in [0.2, 0.25) is 10.0 Å². The molecule has 0 saturated carbocycles. The number of nitrogens with zero attached hydrogens (tertiary/aromatic N) is 1. The van der Waals surface area contributed by atoms with E-state index in [1.807, 2.05) is 0 Å². The Balaban J connectivity index is 1.82. The van der Waals surface area contributed by atoms with Crippen molar-refractivity contribution in [3.05, 3.63) is 63.4 Å². The molecule has 1 aromatic carbocycles. The average molecular weight is 368 g/mol. The van der Waals surface area contributed by atoms with Crippen molar-refractivity contribution in [1.82, 2.24) is 4.98 Å². The van der Waals surface area contributed by atoms with E-state index in [9.17, 15) is 9.90 Å². The van der Waals surface area contributed by atoms with E-state index in [0.29, 0.717) is 22.0 Å². The zero-order valence-corrected chi connectivity index (χ0v) is 14.3. The minimum atomic E-state index is -2.12. The molecule has 2 atom stereocenters. The third-order valence-electron chi connectivity index (χ3n) is 4.44. The Morgan fingerprint density at radius 2 is 2.12 bits per heavy atom. The van der Waals surface area contributed by atoms with Gasteiger partial charge >= 0.3 is 0 Å². The summed E-state index contributed by atoms with van der Waals surface area (Å²) in [6, 6.07) is 8.28. The summed E-state index contributed by atoms with van der Waals surface area (Å²) in [4.78, 5) is 16.6. The molecule has 2 aromatic rings. The molecule has 1 aliphatic rings. The molecule has 0 spiro atoms. The number of carbonyl (C=O) groups excluding carboxylic acids is 1. The number of aliphatic hydroxyl groups excluding tert-OH is 1. The van der Waals surface area contributed by atoms with Crippen molar-refractivity contribution in [2.24, 2.45) is 0 Å². The number of hydrogen-bond acceptors (Lipinski definition) is 3. The zero-order chi connectivity index (χ0) is 17.3. The number of aliphatic hydroxyl groups is 1. The molecule has 0 amide bonds. The topological polar surface area (TPSA) is 50.2 Å². The summed E-state index contributed by atoms with van der Waals surface area (Å²) in [5.74, 6) is -0.528. The van der Waals surface area contributed by atoms with E-state index in [4.69, 9.17) is 23.2 Å². The molecule has 24 heavy (non-hydrogen) atoms. The fraction of sp³-hybridized carbons (Fsp3) is 0.333. The van der Waals surface area contributed by atoms with Gasteiger partial charge in [0.1, 0.15) is 0 Å². The Kier molecular flexibility index (Phi) is 4.90. The number of Topliss-reactive ketones (excluding diaryl/α,β-unsaturated/α-hetero) is 1. The predicted octanol–water partition coefficient (Wildman–Crippen LogP) is 4.58. The van der Waals surface area contributed by atoms with Crippen molar-refractivity contribution in [3.63, 3.8) is 0 Å². The molecule has 0 radical (unpaired) electrons. The molecule has 1 N–H and O–H groups in total. The van der Waals surface area contributed by atoms with E-state index in [1.54, 1.807) is 24.3 Å². The molecule has 3 rings (SSSR count). The smallest absolute Gasteiger partial charge is 0.195 e. The fourth-order valence-electron chi connectivity index (χ4n) is 3.10. The Hall–Kier alpha value is -1.49. The van der Waals surface area contributed by atoms with Gasteiger partial charge in [0, 0.05) is 18.2 Å². The first-order valence-corrected chi connectivity index (χ1v) is 8.47. The van der Waals surface area contributed by atoms with Gasteiger partial charge in [0.25, 0.3) is 0 Å². The monoisotopic (exact) mass is 367 g/mol. The first-order chi connectivity index (χ1) is 11.4. The molecule has 0 unspecified atom stereocenters. The fourth-order valence-corrected chi connectivity index (χ4v) is 3.52. The maximum absolute atomic E-state index is 15.5. The van der Waals surface area contributed by atoms with Crippen molar-refractivity contribution in [3.8, 4) is 0 Å². The highest BCUT2D eigenvalue weighted by Gasteiger charge is 2.45. The zero-order valence-electron chi connectivity index (χ0n) is 12.8. The second-order valence-electron chi connectivity index (χ2n) is 5.93. The minimum Gasteiger partial charge on any atom is -0.387 e. The normalized spacial score (nSPS) is 22.9. The Bertz CT molecular complexity index is 783. The van der Waals surface area contributed by atoms with Crippen LogP contribution >= 0.6 is 23.2 Å². The lowest BCUT2D eigenvalue weighted by atomic mass is 9.77. The van der Waals surface area contributed by atoms with Crippen LogP contribution in [0.15, 0.2) is 36.5 Å². The van der Waals surface area contributed by atoms with Crippen molar-refractivity contribution < 1.29 is 14.3 Å². The summed E-state index contributed by atoms with van der Waals surface area (Å²) in [5.41, 5.74) is -0.983. The molecule has 6 heteroatoms. The molecule has 0 aliphatic heterocycles. The number of benzene rings is 1. The molecule has 1 aromatic heterocycles. The van der Waals surface area contributed by atoms with Crippen molar-refractivity contribution in [1.29, 1.82) is 0 Å². The molecular formula is C18H16Cl2FNO2. The molecule has 0 bridgehead atoms. The summed E-state index contributed by atoms with van der Waals surface area (Å²) < 4.78 is 15.5. The number of aromatic nitrogens is 1. The maximum atomic E-state index is 15.5. The van der Waals surface area contributed by atoms with Gasteiger partial charge in [0.15, 0.2) is 11.5 Å². The van der Waals surface area contributed by atoms with Gasteiger partial charge in [-0.25, -0.2) is 4.39 Å². The van der Waals surface area contributed by atoms with E-state index < -0.39 is 17.6 Å². The van der Waals surface area contributed by atoms with Gasteiger partial charge in [-0.15, -0.1) is 0 Å². The molecule has 1 heterocycles. The summed E-state index contributed by atoms with van der Waals surface area (Å²) in [5, 5.41) is 10.8. The summed E-state index contributed by atoms with van der Waals surface area (Å²) in [6.07, 6.45) is 1.09. The molecule has 3 nitrogen and oxygen atoms in total. The molecule has 126 valence electrons. The average Bonchev–Trinajstić information content (AvgIpc) is 2.59. The van der Waals surface area contributed by atoms with Crippen LogP contribution in [-0.4, -0.2) is 15.9 Å². The third kappa shape index (κ3) is 3.06. The number of carbonyl (C=O) groups is 1. The highest BCUT2D eigenvalue weighted by Crippen LogP contribution is 2.43. The Morgan fingerprint density at radius 1 is 1.33 bits per heavy atom. The predicted molar refractivity (Wildman–Crippen MR) is 91.0 cm³/mol. The quantitative estimate of drug-likeness (QED) is 0.859. The third-order valence-corrected chi connectivity index (χ3v) is 5.30. The van der Waals surface area contributed by atoms with Gasteiger partial charge < -0.3 is 5.11 Å². The van der Waals surface area contributed by atoms with E-state index in [0.717, 1.165) is 0 Å². The number of halogens is 3. The number of ketones is 1. The highest BCUT2D eigenvalue weighted by molar-refractivity contribution is 6.42.